The molecule has 0 bridgehead atoms. The van der Waals surface area contributed by atoms with Gasteiger partial charge in [0.05, 0.1) is 23.3 Å². The Bertz CT molecular complexity index is 2820. The summed E-state index contributed by atoms with van der Waals surface area (Å²) in [6.07, 6.45) is 1.95. The number of hydrogen-bond acceptors (Lipinski definition) is 3. The van der Waals surface area contributed by atoms with E-state index in [0.717, 1.165) is 33.1 Å². The summed E-state index contributed by atoms with van der Waals surface area (Å²) in [6.45, 7) is 0.579. The molecule has 0 saturated carbocycles. The lowest BCUT2D eigenvalue weighted by Gasteiger charge is -2.10. The number of nitrogens with zero attached hydrogens (tertiary/aromatic N) is 2. The van der Waals surface area contributed by atoms with Gasteiger partial charge in [0.1, 0.15) is 11.2 Å². The summed E-state index contributed by atoms with van der Waals surface area (Å²) in [4.78, 5) is 4.82. The van der Waals surface area contributed by atoms with Crippen LogP contribution in [0.15, 0.2) is 161 Å². The average molecular weight is 633 g/mol. The van der Waals surface area contributed by atoms with Gasteiger partial charge in [0, 0.05) is 47.9 Å². The van der Waals surface area contributed by atoms with Crippen LogP contribution in [0.1, 0.15) is 11.1 Å². The van der Waals surface area contributed by atoms with Crippen molar-refractivity contribution in [3.63, 3.8) is 0 Å². The van der Waals surface area contributed by atoms with Gasteiger partial charge in [-0.15, -0.1) is 11.3 Å². The third-order valence-corrected chi connectivity index (χ3v) is 10.6. The van der Waals surface area contributed by atoms with Crippen LogP contribution in [0.2, 0.25) is 0 Å². The predicted molar refractivity (Wildman–Crippen MR) is 204 cm³/mol. The minimum atomic E-state index is 0.579. The molecule has 3 nitrogen and oxygen atoms in total. The first kappa shape index (κ1) is 27.2. The molecular weight excluding hydrogens is 605 g/mol. The molecule has 48 heavy (non-hydrogen) atoms. The smallest absolute Gasteiger partial charge is 0.136 e. The largest absolute Gasteiger partial charge is 0.456 e. The number of thiophene rings is 1. The van der Waals surface area contributed by atoms with Crippen LogP contribution in [0.3, 0.4) is 0 Å². The molecule has 10 rings (SSSR count). The van der Waals surface area contributed by atoms with E-state index in [4.69, 9.17) is 9.41 Å². The van der Waals surface area contributed by atoms with E-state index in [9.17, 15) is 0 Å². The second-order valence-electron chi connectivity index (χ2n) is 12.3. The van der Waals surface area contributed by atoms with Crippen molar-refractivity contribution in [1.29, 1.82) is 0 Å². The van der Waals surface area contributed by atoms with Crippen LogP contribution in [0, 0.1) is 0 Å². The zero-order valence-electron chi connectivity index (χ0n) is 25.9. The van der Waals surface area contributed by atoms with Crippen molar-refractivity contribution in [2.24, 2.45) is 4.99 Å². The first-order chi connectivity index (χ1) is 23.8. The second kappa shape index (κ2) is 10.8. The highest BCUT2D eigenvalue weighted by Crippen LogP contribution is 2.44. The van der Waals surface area contributed by atoms with Gasteiger partial charge < -0.3 is 8.98 Å². The molecule has 4 heteroatoms. The zero-order chi connectivity index (χ0) is 31.6. The van der Waals surface area contributed by atoms with Gasteiger partial charge in [-0.25, -0.2) is 0 Å². The molecule has 0 aliphatic heterocycles. The minimum Gasteiger partial charge on any atom is -0.456 e. The maximum atomic E-state index is 6.43. The Labute approximate surface area is 280 Å². The monoisotopic (exact) mass is 632 g/mol. The van der Waals surface area contributed by atoms with Gasteiger partial charge in [-0.3, -0.25) is 4.99 Å². The maximum Gasteiger partial charge on any atom is 0.136 e. The molecule has 3 aromatic heterocycles. The molecule has 226 valence electrons. The van der Waals surface area contributed by atoms with Crippen LogP contribution in [0.4, 0.5) is 0 Å². The van der Waals surface area contributed by atoms with E-state index in [1.807, 2.05) is 35.8 Å². The number of furan rings is 1. The molecule has 0 N–H and O–H groups in total. The summed E-state index contributed by atoms with van der Waals surface area (Å²) in [5.41, 5.74) is 10.1. The van der Waals surface area contributed by atoms with Crippen LogP contribution < -0.4 is 0 Å². The van der Waals surface area contributed by atoms with Crippen molar-refractivity contribution in [3.05, 3.63) is 163 Å². The molecule has 0 unspecified atom stereocenters. The molecule has 3 heterocycles. The summed E-state index contributed by atoms with van der Waals surface area (Å²) < 4.78 is 11.4. The van der Waals surface area contributed by atoms with E-state index in [1.54, 1.807) is 0 Å². The summed E-state index contributed by atoms with van der Waals surface area (Å²) in [6, 6.07) is 54.1. The fraction of sp³-hybridized carbons (Fsp3) is 0.0227. The van der Waals surface area contributed by atoms with E-state index < -0.39 is 0 Å². The summed E-state index contributed by atoms with van der Waals surface area (Å²) >= 11 is 1.86. The maximum absolute atomic E-state index is 6.43. The van der Waals surface area contributed by atoms with E-state index in [2.05, 4.69) is 138 Å². The van der Waals surface area contributed by atoms with Crippen LogP contribution in [0.5, 0.6) is 0 Å². The van der Waals surface area contributed by atoms with Crippen molar-refractivity contribution in [1.82, 2.24) is 4.57 Å². The first-order valence-corrected chi connectivity index (χ1v) is 17.1. The highest BCUT2D eigenvalue weighted by molar-refractivity contribution is 7.26. The van der Waals surface area contributed by atoms with Crippen LogP contribution in [-0.4, -0.2) is 10.8 Å². The van der Waals surface area contributed by atoms with E-state index in [1.165, 1.54) is 58.8 Å². The third kappa shape index (κ3) is 4.16. The van der Waals surface area contributed by atoms with Gasteiger partial charge in [0.15, 0.2) is 0 Å². The second-order valence-corrected chi connectivity index (χ2v) is 13.4. The molecule has 0 aliphatic rings. The van der Waals surface area contributed by atoms with Crippen molar-refractivity contribution in [2.75, 3.05) is 0 Å². The van der Waals surface area contributed by atoms with Crippen molar-refractivity contribution >= 4 is 81.5 Å². The number of para-hydroxylation sites is 2. The fourth-order valence-corrected chi connectivity index (χ4v) is 8.61. The Morgan fingerprint density at radius 3 is 2.08 bits per heavy atom. The lowest BCUT2D eigenvalue weighted by atomic mass is 9.96. The van der Waals surface area contributed by atoms with E-state index in [-0.39, 0.29) is 0 Å². The van der Waals surface area contributed by atoms with Crippen LogP contribution >= 0.6 is 11.3 Å². The molecular formula is C44H28N2OS. The number of fused-ring (bicyclic) bond motifs is 9. The van der Waals surface area contributed by atoms with Crippen LogP contribution in [-0.2, 0) is 6.54 Å². The Morgan fingerprint density at radius 2 is 1.27 bits per heavy atom. The lowest BCUT2D eigenvalue weighted by Crippen LogP contribution is -1.94. The van der Waals surface area contributed by atoms with Gasteiger partial charge in [-0.2, -0.15) is 0 Å². The van der Waals surface area contributed by atoms with Gasteiger partial charge in [-0.1, -0.05) is 109 Å². The molecule has 0 saturated heterocycles. The molecule has 0 aliphatic carbocycles. The molecule has 10 aromatic rings. The van der Waals surface area contributed by atoms with Crippen molar-refractivity contribution in [2.45, 2.75) is 6.54 Å². The van der Waals surface area contributed by atoms with Gasteiger partial charge >= 0.3 is 0 Å². The number of hydrogen-bond donors (Lipinski definition) is 0. The molecule has 0 atom stereocenters. The molecule has 0 radical (unpaired) electrons. The topological polar surface area (TPSA) is 30.4 Å². The molecule has 0 spiro atoms. The summed E-state index contributed by atoms with van der Waals surface area (Å²) in [7, 11) is 0. The Balaban J connectivity index is 1.14. The Hall–Kier alpha value is -5.97. The normalized spacial score (nSPS) is 12.2. The number of aromatic nitrogens is 1. The average Bonchev–Trinajstić information content (AvgIpc) is 3.81. The standard InChI is InChI=1S/C44H28N2OS/c1-2-11-28(12-3-1)26-45-27-30-13-8-20-38-42(30)44-31(16-9-21-39(44)47-38)29-23-24-34-41(25-29)48-40-22-10-19-37(43(34)40)46-35-17-6-4-14-32(35)33-15-5-7-18-36(33)46/h1-26H,27H2. The van der Waals surface area contributed by atoms with Crippen LogP contribution in [0.25, 0.3) is 80.7 Å². The van der Waals surface area contributed by atoms with Crippen molar-refractivity contribution in [3.8, 4) is 16.8 Å². The SMILES string of the molecule is C(=NCc1cccc2oc3cccc(-c4ccc5c(c4)sc4cccc(-n6c7ccccc7c7ccccc76)c45)c3c12)c1ccccc1. The predicted octanol–water partition coefficient (Wildman–Crippen LogP) is 12.3. The molecule has 0 amide bonds. The molecule has 0 fully saturated rings. The highest BCUT2D eigenvalue weighted by atomic mass is 32.1. The first-order valence-electron chi connectivity index (χ1n) is 16.2. The Kier molecular flexibility index (Phi) is 6.11. The minimum absolute atomic E-state index is 0.579. The van der Waals surface area contributed by atoms with E-state index >= 15 is 0 Å². The number of rotatable bonds is 5. The van der Waals surface area contributed by atoms with Gasteiger partial charge in [0.2, 0.25) is 0 Å². The van der Waals surface area contributed by atoms with Gasteiger partial charge in [-0.05, 0) is 64.7 Å². The Morgan fingerprint density at radius 1 is 0.562 bits per heavy atom. The third-order valence-electron chi connectivity index (χ3n) is 9.52. The summed E-state index contributed by atoms with van der Waals surface area (Å²) in [5.74, 6) is 0. The summed E-state index contributed by atoms with van der Waals surface area (Å²) in [5, 5.41) is 7.40. The quantitative estimate of drug-likeness (QED) is 0.174. The van der Waals surface area contributed by atoms with E-state index in [0.29, 0.717) is 6.54 Å². The highest BCUT2D eigenvalue weighted by Gasteiger charge is 2.19. The number of aliphatic imine (C=N–C) groups is 1. The lowest BCUT2D eigenvalue weighted by molar-refractivity contribution is 0.668. The van der Waals surface area contributed by atoms with Crippen molar-refractivity contribution < 1.29 is 4.42 Å². The number of benzene rings is 7. The zero-order valence-corrected chi connectivity index (χ0v) is 26.7. The molecule has 7 aromatic carbocycles. The fourth-order valence-electron chi connectivity index (χ4n) is 7.44. The van der Waals surface area contributed by atoms with Gasteiger partial charge in [0.25, 0.3) is 0 Å².